The summed E-state index contributed by atoms with van der Waals surface area (Å²) in [6.07, 6.45) is 0. The second-order valence-electron chi connectivity index (χ2n) is 6.45. The fourth-order valence-electron chi connectivity index (χ4n) is 2.83. The lowest BCUT2D eigenvalue weighted by Gasteiger charge is -2.16. The molecule has 0 atom stereocenters. The van der Waals surface area contributed by atoms with Crippen LogP contribution in [0.3, 0.4) is 0 Å². The van der Waals surface area contributed by atoms with Gasteiger partial charge < -0.3 is 19.9 Å². The zero-order valence-corrected chi connectivity index (χ0v) is 18.7. The van der Waals surface area contributed by atoms with Gasteiger partial charge in [0, 0.05) is 16.7 Å². The minimum Gasteiger partial charge on any atom is -0.490 e. The van der Waals surface area contributed by atoms with Crippen LogP contribution >= 0.6 is 27.5 Å². The summed E-state index contributed by atoms with van der Waals surface area (Å²) in [6.45, 7) is 3.32. The first-order chi connectivity index (χ1) is 14.5. The van der Waals surface area contributed by atoms with Crippen LogP contribution in [0, 0.1) is 0 Å². The van der Waals surface area contributed by atoms with Crippen molar-refractivity contribution < 1.29 is 19.4 Å². The van der Waals surface area contributed by atoms with Crippen molar-refractivity contribution in [2.45, 2.75) is 20.1 Å². The van der Waals surface area contributed by atoms with Gasteiger partial charge in [-0.25, -0.2) is 4.79 Å². The molecule has 5 nitrogen and oxygen atoms in total. The number of halogens is 2. The molecule has 0 unspecified atom stereocenters. The van der Waals surface area contributed by atoms with Crippen LogP contribution in [0.25, 0.3) is 0 Å². The van der Waals surface area contributed by atoms with Gasteiger partial charge in [-0.3, -0.25) is 0 Å². The molecule has 0 aromatic heterocycles. The molecule has 0 aliphatic heterocycles. The molecule has 0 saturated carbocycles. The maximum atomic E-state index is 11.3. The smallest absolute Gasteiger partial charge is 0.337 e. The molecule has 0 bridgehead atoms. The predicted octanol–water partition coefficient (Wildman–Crippen LogP) is 6.39. The van der Waals surface area contributed by atoms with E-state index >= 15 is 0 Å². The van der Waals surface area contributed by atoms with Crippen LogP contribution in [0.15, 0.2) is 65.1 Å². The first-order valence-electron chi connectivity index (χ1n) is 9.36. The highest BCUT2D eigenvalue weighted by Gasteiger charge is 2.13. The minimum atomic E-state index is -1.07. The van der Waals surface area contributed by atoms with Crippen molar-refractivity contribution in [3.05, 3.63) is 86.8 Å². The molecule has 3 rings (SSSR count). The van der Waals surface area contributed by atoms with Gasteiger partial charge >= 0.3 is 5.97 Å². The number of carboxylic acids is 1. The van der Waals surface area contributed by atoms with Gasteiger partial charge in [0.15, 0.2) is 11.5 Å². The predicted molar refractivity (Wildman–Crippen MR) is 122 cm³/mol. The van der Waals surface area contributed by atoms with Crippen LogP contribution in [0.4, 0.5) is 5.69 Å². The Balaban J connectivity index is 1.76. The number of hydrogen-bond donors (Lipinski definition) is 2. The van der Waals surface area contributed by atoms with Crippen molar-refractivity contribution in [1.82, 2.24) is 0 Å². The van der Waals surface area contributed by atoms with E-state index in [2.05, 4.69) is 21.2 Å². The van der Waals surface area contributed by atoms with Crippen LogP contribution in [0.5, 0.6) is 11.5 Å². The number of carbonyl (C=O) groups is 1. The Morgan fingerprint density at radius 3 is 2.50 bits per heavy atom. The Labute approximate surface area is 188 Å². The van der Waals surface area contributed by atoms with Gasteiger partial charge in [0.2, 0.25) is 0 Å². The summed E-state index contributed by atoms with van der Waals surface area (Å²) in [5.41, 5.74) is 2.72. The molecule has 0 saturated heterocycles. The van der Waals surface area contributed by atoms with Crippen LogP contribution in [0.1, 0.15) is 28.4 Å². The molecule has 0 radical (unpaired) electrons. The highest BCUT2D eigenvalue weighted by Crippen LogP contribution is 2.35. The summed E-state index contributed by atoms with van der Waals surface area (Å²) >= 11 is 9.52. The number of ether oxygens (including phenoxy) is 2. The molecule has 0 amide bonds. The van der Waals surface area contributed by atoms with Gasteiger partial charge in [-0.05, 0) is 48.4 Å². The highest BCUT2D eigenvalue weighted by molar-refractivity contribution is 9.10. The first kappa shape index (κ1) is 22.0. The second kappa shape index (κ2) is 10.4. The van der Waals surface area contributed by atoms with E-state index in [1.165, 1.54) is 6.07 Å². The van der Waals surface area contributed by atoms with Crippen molar-refractivity contribution in [2.75, 3.05) is 11.9 Å². The van der Waals surface area contributed by atoms with Gasteiger partial charge in [-0.1, -0.05) is 57.9 Å². The van der Waals surface area contributed by atoms with E-state index in [9.17, 15) is 9.90 Å². The molecule has 30 heavy (non-hydrogen) atoms. The molecular weight excluding hydrogens is 470 g/mol. The monoisotopic (exact) mass is 489 g/mol. The molecule has 3 aromatic carbocycles. The van der Waals surface area contributed by atoms with E-state index in [0.717, 1.165) is 15.6 Å². The number of benzene rings is 3. The Hall–Kier alpha value is -2.70. The molecule has 2 N–H and O–H groups in total. The lowest BCUT2D eigenvalue weighted by atomic mass is 10.1. The number of anilines is 1. The molecule has 156 valence electrons. The Kier molecular flexibility index (Phi) is 7.60. The van der Waals surface area contributed by atoms with Crippen LogP contribution in [-0.4, -0.2) is 17.7 Å². The van der Waals surface area contributed by atoms with Crippen molar-refractivity contribution in [2.24, 2.45) is 0 Å². The van der Waals surface area contributed by atoms with Gasteiger partial charge in [-0.2, -0.15) is 0 Å². The van der Waals surface area contributed by atoms with E-state index < -0.39 is 5.97 Å². The van der Waals surface area contributed by atoms with E-state index in [1.54, 1.807) is 12.1 Å². The van der Waals surface area contributed by atoms with Gasteiger partial charge in [0.25, 0.3) is 0 Å². The molecule has 0 heterocycles. The van der Waals surface area contributed by atoms with E-state index in [1.807, 2.05) is 49.4 Å². The van der Waals surface area contributed by atoms with E-state index in [-0.39, 0.29) is 10.6 Å². The molecule has 0 spiro atoms. The summed E-state index contributed by atoms with van der Waals surface area (Å²) in [5, 5.41) is 12.7. The van der Waals surface area contributed by atoms with Crippen LogP contribution in [-0.2, 0) is 13.2 Å². The number of carboxylic acid groups (broad SMARTS) is 1. The average Bonchev–Trinajstić information content (AvgIpc) is 2.74. The molecule has 3 aromatic rings. The third-order valence-corrected chi connectivity index (χ3v) is 5.40. The van der Waals surface area contributed by atoms with Crippen molar-refractivity contribution in [1.29, 1.82) is 0 Å². The first-order valence-corrected chi connectivity index (χ1v) is 10.5. The zero-order chi connectivity index (χ0) is 21.5. The summed E-state index contributed by atoms with van der Waals surface area (Å²) in [6, 6.07) is 18.5. The van der Waals surface area contributed by atoms with Crippen LogP contribution in [0.2, 0.25) is 5.02 Å². The largest absolute Gasteiger partial charge is 0.490 e. The third-order valence-electron chi connectivity index (χ3n) is 4.33. The summed E-state index contributed by atoms with van der Waals surface area (Å²) < 4.78 is 12.6. The Morgan fingerprint density at radius 1 is 1.07 bits per heavy atom. The number of aromatic carboxylic acids is 1. The second-order valence-corrected chi connectivity index (χ2v) is 7.71. The number of rotatable bonds is 9. The van der Waals surface area contributed by atoms with Gasteiger partial charge in [0.05, 0.1) is 17.2 Å². The summed E-state index contributed by atoms with van der Waals surface area (Å²) in [4.78, 5) is 11.3. The Bertz CT molecular complexity index is 1030. The fraction of sp³-hybridized carbons (Fsp3) is 0.174. The Morgan fingerprint density at radius 2 is 1.80 bits per heavy atom. The standard InChI is InChI=1S/C23H21BrClNO4/c1-2-29-21-10-16(13-26-17-8-9-20(25)18(11-17)23(27)28)19(24)12-22(21)30-14-15-6-4-3-5-7-15/h3-12,26H,2,13-14H2,1H3,(H,27,28). The molecule has 0 aliphatic carbocycles. The normalized spacial score (nSPS) is 10.5. The SMILES string of the molecule is CCOc1cc(CNc2ccc(Cl)c(C(=O)O)c2)c(Br)cc1OCc1ccccc1. The van der Waals surface area contributed by atoms with Crippen molar-refractivity contribution >= 4 is 39.2 Å². The lowest BCUT2D eigenvalue weighted by Crippen LogP contribution is -2.05. The average molecular weight is 491 g/mol. The highest BCUT2D eigenvalue weighted by atomic mass is 79.9. The van der Waals surface area contributed by atoms with Gasteiger partial charge in [0.1, 0.15) is 6.61 Å². The topological polar surface area (TPSA) is 67.8 Å². The number of nitrogens with one attached hydrogen (secondary N) is 1. The van der Waals surface area contributed by atoms with E-state index in [0.29, 0.717) is 36.9 Å². The fourth-order valence-corrected chi connectivity index (χ4v) is 3.49. The van der Waals surface area contributed by atoms with Gasteiger partial charge in [-0.15, -0.1) is 0 Å². The summed E-state index contributed by atoms with van der Waals surface area (Å²) in [7, 11) is 0. The van der Waals surface area contributed by atoms with E-state index in [4.69, 9.17) is 21.1 Å². The van der Waals surface area contributed by atoms with Crippen molar-refractivity contribution in [3.63, 3.8) is 0 Å². The quantitative estimate of drug-likeness (QED) is 0.364. The minimum absolute atomic E-state index is 0.0559. The maximum absolute atomic E-state index is 11.3. The van der Waals surface area contributed by atoms with Crippen molar-refractivity contribution in [3.8, 4) is 11.5 Å². The third kappa shape index (κ3) is 5.68. The van der Waals surface area contributed by atoms with Crippen LogP contribution < -0.4 is 14.8 Å². The molecule has 0 fully saturated rings. The maximum Gasteiger partial charge on any atom is 0.337 e. The lowest BCUT2D eigenvalue weighted by molar-refractivity contribution is 0.0697. The molecular formula is C23H21BrClNO4. The molecule has 0 aliphatic rings. The number of hydrogen-bond acceptors (Lipinski definition) is 4. The zero-order valence-electron chi connectivity index (χ0n) is 16.3. The summed E-state index contributed by atoms with van der Waals surface area (Å²) in [5.74, 6) is 0.232. The molecule has 7 heteroatoms.